The Balaban J connectivity index is 1.62. The molecule has 0 bridgehead atoms. The molecule has 2 aliphatic rings. The lowest BCUT2D eigenvalue weighted by Crippen LogP contribution is -2.52. The third kappa shape index (κ3) is 3.83. The lowest BCUT2D eigenvalue weighted by Gasteiger charge is -2.35. The maximum Gasteiger partial charge on any atom is 0.314 e. The van der Waals surface area contributed by atoms with Crippen LogP contribution in [0.15, 0.2) is 0 Å². The molecule has 98 valence electrons. The number of primary amides is 1. The van der Waals surface area contributed by atoms with Crippen LogP contribution in [0.3, 0.4) is 0 Å². The number of nitrogens with one attached hydrogen (secondary N) is 1. The van der Waals surface area contributed by atoms with Crippen molar-refractivity contribution in [1.82, 2.24) is 20.0 Å². The van der Waals surface area contributed by atoms with Gasteiger partial charge in [-0.2, -0.15) is 0 Å². The minimum atomic E-state index is -0.285. The summed E-state index contributed by atoms with van der Waals surface area (Å²) in [5, 5.41) is 3.36. The highest BCUT2D eigenvalue weighted by molar-refractivity contribution is 5.72. The Hall–Kier alpha value is -0.850. The molecular formula is C11H23N5O. The Bertz CT molecular complexity index is 246. The highest BCUT2D eigenvalue weighted by Gasteiger charge is 2.19. The lowest BCUT2D eigenvalue weighted by atomic mass is 10.3. The summed E-state index contributed by atoms with van der Waals surface area (Å²) >= 11 is 0. The van der Waals surface area contributed by atoms with Crippen LogP contribution < -0.4 is 11.1 Å². The van der Waals surface area contributed by atoms with Crippen LogP contribution in [0.1, 0.15) is 0 Å². The van der Waals surface area contributed by atoms with Crippen molar-refractivity contribution in [2.75, 3.05) is 65.4 Å². The van der Waals surface area contributed by atoms with E-state index in [1.165, 1.54) is 0 Å². The highest BCUT2D eigenvalue weighted by Crippen LogP contribution is 2.02. The van der Waals surface area contributed by atoms with E-state index >= 15 is 0 Å². The minimum absolute atomic E-state index is 0.285. The number of carbonyl (C=O) groups is 1. The Morgan fingerprint density at radius 3 is 2.00 bits per heavy atom. The van der Waals surface area contributed by atoms with Crippen molar-refractivity contribution in [3.05, 3.63) is 0 Å². The zero-order valence-corrected chi connectivity index (χ0v) is 10.4. The molecule has 6 heteroatoms. The van der Waals surface area contributed by atoms with Gasteiger partial charge in [-0.05, 0) is 0 Å². The van der Waals surface area contributed by atoms with E-state index in [0.29, 0.717) is 0 Å². The van der Waals surface area contributed by atoms with Crippen LogP contribution in [0.25, 0.3) is 0 Å². The average Bonchev–Trinajstić information content (AvgIpc) is 2.38. The number of hydrogen-bond donors (Lipinski definition) is 2. The molecule has 2 heterocycles. The fraction of sp³-hybridized carbons (Fsp3) is 0.909. The van der Waals surface area contributed by atoms with Gasteiger partial charge >= 0.3 is 6.03 Å². The normalized spacial score (nSPS) is 23.9. The monoisotopic (exact) mass is 241 g/mol. The number of amides is 2. The Morgan fingerprint density at radius 2 is 1.47 bits per heavy atom. The zero-order chi connectivity index (χ0) is 12.1. The summed E-state index contributed by atoms with van der Waals surface area (Å²) < 4.78 is 0. The lowest BCUT2D eigenvalue weighted by molar-refractivity contribution is 0.128. The molecule has 2 saturated heterocycles. The van der Waals surface area contributed by atoms with E-state index < -0.39 is 0 Å². The van der Waals surface area contributed by atoms with E-state index in [1.54, 1.807) is 4.90 Å². The molecule has 17 heavy (non-hydrogen) atoms. The first-order valence-corrected chi connectivity index (χ1v) is 6.45. The van der Waals surface area contributed by atoms with Gasteiger partial charge in [0.1, 0.15) is 0 Å². The third-order valence-electron chi connectivity index (χ3n) is 3.63. The molecule has 0 spiro atoms. The quantitative estimate of drug-likeness (QED) is 0.637. The first-order valence-electron chi connectivity index (χ1n) is 6.45. The topological polar surface area (TPSA) is 64.8 Å². The number of nitrogens with zero attached hydrogens (tertiary/aromatic N) is 3. The van der Waals surface area contributed by atoms with E-state index in [1.807, 2.05) is 0 Å². The maximum absolute atomic E-state index is 11.0. The number of hydrogen-bond acceptors (Lipinski definition) is 4. The van der Waals surface area contributed by atoms with Crippen molar-refractivity contribution in [3.8, 4) is 0 Å². The summed E-state index contributed by atoms with van der Waals surface area (Å²) in [5.74, 6) is 0. The largest absolute Gasteiger partial charge is 0.351 e. The van der Waals surface area contributed by atoms with Crippen molar-refractivity contribution >= 4 is 6.03 Å². The number of urea groups is 1. The molecule has 2 amide bonds. The van der Waals surface area contributed by atoms with Crippen molar-refractivity contribution in [3.63, 3.8) is 0 Å². The van der Waals surface area contributed by atoms with Crippen molar-refractivity contribution in [2.24, 2.45) is 5.73 Å². The second kappa shape index (κ2) is 6.18. The first-order chi connectivity index (χ1) is 8.25. The van der Waals surface area contributed by atoms with E-state index in [-0.39, 0.29) is 6.03 Å². The van der Waals surface area contributed by atoms with Gasteiger partial charge in [-0.3, -0.25) is 9.80 Å². The van der Waals surface area contributed by atoms with Gasteiger partial charge in [0.25, 0.3) is 0 Å². The summed E-state index contributed by atoms with van der Waals surface area (Å²) in [6.07, 6.45) is 0. The Morgan fingerprint density at radius 1 is 0.941 bits per heavy atom. The fourth-order valence-corrected chi connectivity index (χ4v) is 2.41. The Labute approximate surface area is 103 Å². The van der Waals surface area contributed by atoms with Crippen LogP contribution in [0.4, 0.5) is 4.79 Å². The van der Waals surface area contributed by atoms with Gasteiger partial charge in [-0.1, -0.05) is 0 Å². The van der Waals surface area contributed by atoms with Gasteiger partial charge in [0, 0.05) is 65.4 Å². The molecule has 0 radical (unpaired) electrons. The maximum atomic E-state index is 11.0. The van der Waals surface area contributed by atoms with Crippen LogP contribution in [0.2, 0.25) is 0 Å². The summed E-state index contributed by atoms with van der Waals surface area (Å²) in [4.78, 5) is 17.6. The van der Waals surface area contributed by atoms with Crippen LogP contribution in [-0.2, 0) is 0 Å². The van der Waals surface area contributed by atoms with Gasteiger partial charge in [0.05, 0.1) is 0 Å². The second-order valence-electron chi connectivity index (χ2n) is 4.76. The predicted molar refractivity (Wildman–Crippen MR) is 66.9 cm³/mol. The predicted octanol–water partition coefficient (Wildman–Crippen LogP) is -1.41. The molecule has 0 aliphatic carbocycles. The van der Waals surface area contributed by atoms with E-state index in [9.17, 15) is 4.79 Å². The molecule has 0 aromatic carbocycles. The molecule has 0 atom stereocenters. The molecule has 3 N–H and O–H groups in total. The summed E-state index contributed by atoms with van der Waals surface area (Å²) in [6, 6.07) is -0.285. The zero-order valence-electron chi connectivity index (χ0n) is 10.4. The van der Waals surface area contributed by atoms with Crippen LogP contribution >= 0.6 is 0 Å². The third-order valence-corrected chi connectivity index (χ3v) is 3.63. The van der Waals surface area contributed by atoms with Crippen LogP contribution in [0, 0.1) is 0 Å². The first kappa shape index (κ1) is 12.6. The number of rotatable bonds is 3. The smallest absolute Gasteiger partial charge is 0.314 e. The Kier molecular flexibility index (Phi) is 4.58. The molecule has 6 nitrogen and oxygen atoms in total. The molecule has 0 aromatic heterocycles. The van der Waals surface area contributed by atoms with E-state index in [4.69, 9.17) is 5.73 Å². The van der Waals surface area contributed by atoms with Crippen LogP contribution in [0.5, 0.6) is 0 Å². The van der Waals surface area contributed by atoms with Crippen molar-refractivity contribution < 1.29 is 4.79 Å². The second-order valence-corrected chi connectivity index (χ2v) is 4.76. The van der Waals surface area contributed by atoms with Crippen molar-refractivity contribution in [2.45, 2.75) is 0 Å². The fourth-order valence-electron chi connectivity index (χ4n) is 2.41. The molecule has 2 aliphatic heterocycles. The molecule has 2 fully saturated rings. The van der Waals surface area contributed by atoms with Crippen LogP contribution in [-0.4, -0.2) is 86.2 Å². The van der Waals surface area contributed by atoms with Gasteiger partial charge in [-0.25, -0.2) is 4.79 Å². The number of nitrogens with two attached hydrogens (primary N) is 1. The summed E-state index contributed by atoms with van der Waals surface area (Å²) in [7, 11) is 0. The number of carbonyl (C=O) groups excluding carboxylic acids is 1. The molecule has 0 unspecified atom stereocenters. The van der Waals surface area contributed by atoms with E-state index in [2.05, 4.69) is 15.1 Å². The van der Waals surface area contributed by atoms with Gasteiger partial charge in [0.2, 0.25) is 0 Å². The molecule has 2 rings (SSSR count). The molecule has 0 aromatic rings. The van der Waals surface area contributed by atoms with E-state index in [0.717, 1.165) is 65.4 Å². The van der Waals surface area contributed by atoms with Gasteiger partial charge in [-0.15, -0.1) is 0 Å². The standard InChI is InChI=1S/C11H23N5O/c12-11(17)16-9-7-15(8-10-16)6-5-14-3-1-13-2-4-14/h13H,1-10H2,(H2,12,17). The summed E-state index contributed by atoms with van der Waals surface area (Å²) in [6.45, 7) is 10.2. The molecular weight excluding hydrogens is 218 g/mol. The SMILES string of the molecule is NC(=O)N1CCN(CCN2CCNCC2)CC1. The van der Waals surface area contributed by atoms with Gasteiger partial charge < -0.3 is 16.0 Å². The average molecular weight is 241 g/mol. The summed E-state index contributed by atoms with van der Waals surface area (Å²) in [5.41, 5.74) is 5.26. The highest BCUT2D eigenvalue weighted by atomic mass is 16.2. The van der Waals surface area contributed by atoms with Crippen molar-refractivity contribution in [1.29, 1.82) is 0 Å². The number of piperazine rings is 2. The van der Waals surface area contributed by atoms with Gasteiger partial charge in [0.15, 0.2) is 0 Å². The molecule has 0 saturated carbocycles. The minimum Gasteiger partial charge on any atom is -0.351 e.